The van der Waals surface area contributed by atoms with Gasteiger partial charge in [0.15, 0.2) is 0 Å². The fraction of sp³-hybridized carbons (Fsp3) is 0.0357. The van der Waals surface area contributed by atoms with Crippen molar-refractivity contribution in [2.45, 2.75) is 10.8 Å². The van der Waals surface area contributed by atoms with Crippen LogP contribution in [0.1, 0.15) is 48.6 Å². The van der Waals surface area contributed by atoms with E-state index in [1.165, 1.54) is 44.5 Å². The molecule has 0 heterocycles. The Morgan fingerprint density at radius 1 is 0.298 bits per heavy atom. The topological polar surface area (TPSA) is 3.24 Å². The van der Waals surface area contributed by atoms with Gasteiger partial charge in [-0.2, -0.15) is 0 Å². The standard InChI is InChI=1S/C56H39N/c1-6-20-40(21-7-1)55(41-22-8-2-9-23-41)51-32-18-16-30-47(51)49-36-34-45(38-53(49)55)57(44-28-14-5-15-29-44)46-35-37-50-48-31-17-19-33-52(48)56(54(50)39-46,42-24-10-3-11-25-42)43-26-12-4-13-27-43/h1-39H/i5D,14D,28D. The molecule has 0 fully saturated rings. The zero-order valence-electron chi connectivity index (χ0n) is 34.2. The van der Waals surface area contributed by atoms with Crippen LogP contribution < -0.4 is 4.90 Å². The summed E-state index contributed by atoms with van der Waals surface area (Å²) in [5.74, 6) is 0. The summed E-state index contributed by atoms with van der Waals surface area (Å²) in [6.07, 6.45) is 0. The zero-order chi connectivity index (χ0) is 40.4. The van der Waals surface area contributed by atoms with Gasteiger partial charge in [-0.25, -0.2) is 0 Å². The van der Waals surface area contributed by atoms with Crippen LogP contribution in [0.25, 0.3) is 22.3 Å². The number of rotatable bonds is 7. The molecular formula is C56H39N. The van der Waals surface area contributed by atoms with E-state index in [4.69, 9.17) is 2.74 Å². The first-order valence-corrected chi connectivity index (χ1v) is 19.6. The summed E-state index contributed by atoms with van der Waals surface area (Å²) in [5.41, 5.74) is 15.1. The first kappa shape index (κ1) is 30.1. The van der Waals surface area contributed by atoms with E-state index in [-0.39, 0.29) is 18.1 Å². The Morgan fingerprint density at radius 3 is 1.09 bits per heavy atom. The highest BCUT2D eigenvalue weighted by molar-refractivity contribution is 5.92. The van der Waals surface area contributed by atoms with Gasteiger partial charge in [0.25, 0.3) is 0 Å². The van der Waals surface area contributed by atoms with Crippen LogP contribution >= 0.6 is 0 Å². The van der Waals surface area contributed by atoms with E-state index in [0.717, 1.165) is 33.6 Å². The van der Waals surface area contributed by atoms with Gasteiger partial charge in [-0.3, -0.25) is 0 Å². The minimum absolute atomic E-state index is 0.00448. The molecule has 57 heavy (non-hydrogen) atoms. The van der Waals surface area contributed by atoms with E-state index in [0.29, 0.717) is 5.69 Å². The Labute approximate surface area is 339 Å². The number of fused-ring (bicyclic) bond motifs is 6. The summed E-state index contributed by atoms with van der Waals surface area (Å²) in [7, 11) is 0. The van der Waals surface area contributed by atoms with Crippen LogP contribution in [0, 0.1) is 0 Å². The molecule has 0 saturated carbocycles. The molecule has 0 aromatic heterocycles. The third-order valence-electron chi connectivity index (χ3n) is 12.2. The van der Waals surface area contributed by atoms with Crippen molar-refractivity contribution in [1.29, 1.82) is 0 Å². The predicted molar refractivity (Wildman–Crippen MR) is 236 cm³/mol. The van der Waals surface area contributed by atoms with Crippen molar-refractivity contribution < 1.29 is 4.11 Å². The van der Waals surface area contributed by atoms with Crippen LogP contribution in [-0.2, 0) is 10.8 Å². The van der Waals surface area contributed by atoms with Gasteiger partial charge in [-0.05, 0) is 103 Å². The minimum Gasteiger partial charge on any atom is -0.310 e. The Morgan fingerprint density at radius 2 is 0.667 bits per heavy atom. The van der Waals surface area contributed by atoms with Gasteiger partial charge in [0, 0.05) is 17.1 Å². The van der Waals surface area contributed by atoms with Gasteiger partial charge in [0.05, 0.1) is 14.9 Å². The van der Waals surface area contributed by atoms with Gasteiger partial charge >= 0.3 is 0 Å². The maximum Gasteiger partial charge on any atom is 0.0714 e. The molecule has 0 saturated heterocycles. The highest BCUT2D eigenvalue weighted by Crippen LogP contribution is 2.59. The molecule has 11 rings (SSSR count). The molecule has 9 aromatic carbocycles. The normalized spacial score (nSPS) is 14.6. The van der Waals surface area contributed by atoms with Gasteiger partial charge in [-0.15, -0.1) is 0 Å². The number of hydrogen-bond acceptors (Lipinski definition) is 1. The molecule has 0 N–H and O–H groups in total. The van der Waals surface area contributed by atoms with Crippen LogP contribution in [0.5, 0.6) is 0 Å². The summed E-state index contributed by atoms with van der Waals surface area (Å²) < 4.78 is 26.8. The molecule has 0 bridgehead atoms. The Kier molecular flexibility index (Phi) is 6.97. The molecule has 0 unspecified atom stereocenters. The average molecular weight is 729 g/mol. The van der Waals surface area contributed by atoms with Crippen LogP contribution in [0.2, 0.25) is 0 Å². The number of para-hydroxylation sites is 1. The summed E-state index contributed by atoms with van der Waals surface area (Å²) in [5, 5.41) is 0. The summed E-state index contributed by atoms with van der Waals surface area (Å²) in [6, 6.07) is 77.4. The van der Waals surface area contributed by atoms with Crippen molar-refractivity contribution in [3.05, 3.63) is 281 Å². The molecule has 1 heteroatoms. The van der Waals surface area contributed by atoms with E-state index in [2.05, 4.69) is 211 Å². The third-order valence-corrected chi connectivity index (χ3v) is 12.2. The maximum absolute atomic E-state index is 9.43. The SMILES string of the molecule is [2H]c1ccc(N(c2ccc3c(c2)C(c2ccccc2)(c2ccccc2)c2ccccc2-3)c2ccc3c(c2)C(c2ccccc2)(c2ccccc2)c2ccccc2-3)c([2H])c1[2H]. The zero-order valence-corrected chi connectivity index (χ0v) is 31.2. The van der Waals surface area contributed by atoms with E-state index in [9.17, 15) is 1.37 Å². The quantitative estimate of drug-likeness (QED) is 0.158. The fourth-order valence-corrected chi connectivity index (χ4v) is 10.0. The number of nitrogens with zero attached hydrogens (tertiary/aromatic N) is 1. The molecule has 0 amide bonds. The molecule has 2 aliphatic carbocycles. The molecule has 9 aromatic rings. The summed E-state index contributed by atoms with van der Waals surface area (Å²) >= 11 is 0. The lowest BCUT2D eigenvalue weighted by molar-refractivity contribution is 0.767. The molecule has 268 valence electrons. The molecule has 0 aliphatic heterocycles. The van der Waals surface area contributed by atoms with Crippen LogP contribution in [-0.4, -0.2) is 0 Å². The Bertz CT molecular complexity index is 2810. The first-order chi connectivity index (χ1) is 29.5. The third kappa shape index (κ3) is 4.82. The molecular weight excluding hydrogens is 687 g/mol. The second kappa shape index (κ2) is 13.2. The smallest absolute Gasteiger partial charge is 0.0714 e. The highest BCUT2D eigenvalue weighted by atomic mass is 15.1. The Hall–Kier alpha value is -7.22. The maximum atomic E-state index is 9.43. The lowest BCUT2D eigenvalue weighted by Crippen LogP contribution is -2.29. The van der Waals surface area contributed by atoms with Crippen molar-refractivity contribution in [3.63, 3.8) is 0 Å². The van der Waals surface area contributed by atoms with E-state index in [1.54, 1.807) is 6.07 Å². The van der Waals surface area contributed by atoms with Gasteiger partial charge in [-0.1, -0.05) is 200 Å². The molecule has 0 radical (unpaired) electrons. The minimum atomic E-state index is -0.624. The number of benzene rings is 9. The lowest BCUT2D eigenvalue weighted by atomic mass is 9.67. The van der Waals surface area contributed by atoms with Crippen molar-refractivity contribution in [2.24, 2.45) is 0 Å². The van der Waals surface area contributed by atoms with Gasteiger partial charge in [0.1, 0.15) is 0 Å². The monoisotopic (exact) mass is 728 g/mol. The summed E-state index contributed by atoms with van der Waals surface area (Å²) in [6.45, 7) is 0. The largest absolute Gasteiger partial charge is 0.310 e. The number of anilines is 3. The van der Waals surface area contributed by atoms with E-state index in [1.807, 2.05) is 6.07 Å². The Balaban J connectivity index is 1.21. The summed E-state index contributed by atoms with van der Waals surface area (Å²) in [4.78, 5) is 2.13. The van der Waals surface area contributed by atoms with E-state index < -0.39 is 10.8 Å². The fourth-order valence-electron chi connectivity index (χ4n) is 10.0. The first-order valence-electron chi connectivity index (χ1n) is 21.1. The van der Waals surface area contributed by atoms with Gasteiger partial charge in [0.2, 0.25) is 0 Å². The van der Waals surface area contributed by atoms with Crippen LogP contribution in [0.4, 0.5) is 17.1 Å². The molecule has 0 spiro atoms. The molecule has 1 nitrogen and oxygen atoms in total. The lowest BCUT2D eigenvalue weighted by Gasteiger charge is -2.36. The van der Waals surface area contributed by atoms with Crippen molar-refractivity contribution in [2.75, 3.05) is 4.90 Å². The van der Waals surface area contributed by atoms with Crippen molar-refractivity contribution in [3.8, 4) is 22.3 Å². The molecule has 0 atom stereocenters. The second-order valence-corrected chi connectivity index (χ2v) is 15.0. The van der Waals surface area contributed by atoms with Crippen molar-refractivity contribution >= 4 is 17.1 Å². The number of hydrogen-bond donors (Lipinski definition) is 0. The second-order valence-electron chi connectivity index (χ2n) is 15.0. The van der Waals surface area contributed by atoms with Crippen LogP contribution in [0.3, 0.4) is 0 Å². The highest BCUT2D eigenvalue weighted by Gasteiger charge is 2.48. The van der Waals surface area contributed by atoms with E-state index >= 15 is 0 Å². The molecule has 2 aliphatic rings. The predicted octanol–water partition coefficient (Wildman–Crippen LogP) is 13.9. The van der Waals surface area contributed by atoms with Crippen LogP contribution in [0.15, 0.2) is 237 Å². The van der Waals surface area contributed by atoms with Crippen molar-refractivity contribution in [1.82, 2.24) is 0 Å². The average Bonchev–Trinajstić information content (AvgIpc) is 3.78. The van der Waals surface area contributed by atoms with Gasteiger partial charge < -0.3 is 4.90 Å².